The Morgan fingerprint density at radius 1 is 0.706 bits per heavy atom. The number of aromatic nitrogens is 6. The third-order valence-electron chi connectivity index (χ3n) is 5.09. The number of carbonyl (C=O) groups excluding carboxylic acids is 1. The minimum atomic E-state index is 0.0815. The predicted octanol–water partition coefficient (Wildman–Crippen LogP) is 3.75. The smallest absolute Gasteiger partial charge is 0.191 e. The van der Waals surface area contributed by atoms with Crippen LogP contribution in [0.15, 0.2) is 58.8 Å². The van der Waals surface area contributed by atoms with Gasteiger partial charge in [-0.25, -0.2) is 0 Å². The van der Waals surface area contributed by atoms with Gasteiger partial charge in [0.05, 0.1) is 25.7 Å². The third kappa shape index (κ3) is 5.26. The number of hydrogen-bond donors (Lipinski definition) is 0. The molecule has 34 heavy (non-hydrogen) atoms. The monoisotopic (exact) mass is 496 g/mol. The van der Waals surface area contributed by atoms with Gasteiger partial charge in [0.1, 0.15) is 11.5 Å². The predicted molar refractivity (Wildman–Crippen MR) is 132 cm³/mol. The van der Waals surface area contributed by atoms with E-state index in [1.54, 1.807) is 14.2 Å². The number of carbonyl (C=O) groups is 1. The van der Waals surface area contributed by atoms with E-state index < -0.39 is 0 Å². The first kappa shape index (κ1) is 23.8. The van der Waals surface area contributed by atoms with E-state index in [1.807, 2.05) is 71.8 Å². The molecular formula is C23H24N6O3S2. The average Bonchev–Trinajstić information content (AvgIpc) is 3.43. The highest BCUT2D eigenvalue weighted by Crippen LogP contribution is 2.26. The largest absolute Gasteiger partial charge is 0.497 e. The lowest BCUT2D eigenvalue weighted by Gasteiger charge is -2.06. The van der Waals surface area contributed by atoms with Crippen molar-refractivity contribution in [3.63, 3.8) is 0 Å². The molecule has 0 N–H and O–H groups in total. The lowest BCUT2D eigenvalue weighted by molar-refractivity contribution is -0.114. The normalized spacial score (nSPS) is 10.9. The number of ketones is 1. The van der Waals surface area contributed by atoms with Crippen molar-refractivity contribution >= 4 is 29.3 Å². The molecule has 2 aromatic heterocycles. The highest BCUT2D eigenvalue weighted by atomic mass is 32.2. The fourth-order valence-electron chi connectivity index (χ4n) is 3.20. The summed E-state index contributed by atoms with van der Waals surface area (Å²) in [4.78, 5) is 12.5. The van der Waals surface area contributed by atoms with Crippen LogP contribution in [0.25, 0.3) is 22.8 Å². The standard InChI is InChI=1S/C23H24N6O3S2/c1-28-20(15-5-9-18(31-3)10-6-15)24-26-22(28)33-13-17(30)14-34-23-27-25-21(29(23)2)16-7-11-19(32-4)12-8-16/h5-12H,13-14H2,1-4H3. The van der Waals surface area contributed by atoms with Crippen LogP contribution in [0.1, 0.15) is 0 Å². The van der Waals surface area contributed by atoms with Crippen LogP contribution < -0.4 is 9.47 Å². The summed E-state index contributed by atoms with van der Waals surface area (Å²) in [6.45, 7) is 0. The van der Waals surface area contributed by atoms with Crippen molar-refractivity contribution in [2.45, 2.75) is 10.3 Å². The summed E-state index contributed by atoms with van der Waals surface area (Å²) in [5.74, 6) is 3.70. The van der Waals surface area contributed by atoms with Gasteiger partial charge < -0.3 is 18.6 Å². The molecule has 0 unspecified atom stereocenters. The molecule has 0 aliphatic carbocycles. The minimum Gasteiger partial charge on any atom is -0.497 e. The molecule has 9 nitrogen and oxygen atoms in total. The summed E-state index contributed by atoms with van der Waals surface area (Å²) in [5, 5.41) is 18.4. The summed E-state index contributed by atoms with van der Waals surface area (Å²) in [6.07, 6.45) is 0. The van der Waals surface area contributed by atoms with Crippen LogP contribution >= 0.6 is 23.5 Å². The van der Waals surface area contributed by atoms with Crippen LogP contribution in [0.5, 0.6) is 11.5 Å². The highest BCUT2D eigenvalue weighted by molar-refractivity contribution is 8.01. The first-order chi connectivity index (χ1) is 16.5. The van der Waals surface area contributed by atoms with E-state index in [2.05, 4.69) is 20.4 Å². The maximum Gasteiger partial charge on any atom is 0.191 e. The maximum absolute atomic E-state index is 12.5. The zero-order chi connectivity index (χ0) is 24.1. The first-order valence-electron chi connectivity index (χ1n) is 10.3. The Labute approximate surface area is 205 Å². The molecule has 4 aromatic rings. The Balaban J connectivity index is 1.33. The van der Waals surface area contributed by atoms with Crippen molar-refractivity contribution < 1.29 is 14.3 Å². The van der Waals surface area contributed by atoms with E-state index in [1.165, 1.54) is 23.5 Å². The molecule has 0 spiro atoms. The van der Waals surface area contributed by atoms with Crippen LogP contribution in [0.3, 0.4) is 0 Å². The Hall–Kier alpha value is -3.31. The zero-order valence-electron chi connectivity index (χ0n) is 19.3. The second-order valence-electron chi connectivity index (χ2n) is 7.30. The van der Waals surface area contributed by atoms with Crippen molar-refractivity contribution in [1.82, 2.24) is 29.5 Å². The second kappa shape index (κ2) is 10.7. The number of methoxy groups -OCH3 is 2. The Kier molecular flexibility index (Phi) is 7.53. The van der Waals surface area contributed by atoms with Crippen LogP contribution in [-0.4, -0.2) is 61.0 Å². The van der Waals surface area contributed by atoms with Gasteiger partial charge in [-0.15, -0.1) is 20.4 Å². The number of hydrogen-bond acceptors (Lipinski definition) is 9. The van der Waals surface area contributed by atoms with Gasteiger partial charge >= 0.3 is 0 Å². The van der Waals surface area contributed by atoms with E-state index in [0.29, 0.717) is 21.8 Å². The summed E-state index contributed by atoms with van der Waals surface area (Å²) >= 11 is 2.74. The molecule has 0 bridgehead atoms. The van der Waals surface area contributed by atoms with Crippen LogP contribution in [-0.2, 0) is 18.9 Å². The number of rotatable bonds is 10. The topological polar surface area (TPSA) is 97.0 Å². The van der Waals surface area contributed by atoms with Gasteiger partial charge in [-0.1, -0.05) is 23.5 Å². The fraction of sp³-hybridized carbons (Fsp3) is 0.261. The molecule has 2 aromatic carbocycles. The number of benzene rings is 2. The van der Waals surface area contributed by atoms with Crippen molar-refractivity contribution in [3.05, 3.63) is 48.5 Å². The molecule has 176 valence electrons. The average molecular weight is 497 g/mol. The summed E-state index contributed by atoms with van der Waals surface area (Å²) in [5.41, 5.74) is 1.86. The molecule has 0 aliphatic heterocycles. The molecule has 0 radical (unpaired) electrons. The van der Waals surface area contributed by atoms with Crippen molar-refractivity contribution in [2.24, 2.45) is 14.1 Å². The molecule has 0 aliphatic rings. The highest BCUT2D eigenvalue weighted by Gasteiger charge is 2.16. The number of ether oxygens (including phenoxy) is 2. The first-order valence-corrected chi connectivity index (χ1v) is 12.3. The van der Waals surface area contributed by atoms with E-state index >= 15 is 0 Å². The number of nitrogens with zero attached hydrogens (tertiary/aromatic N) is 6. The van der Waals surface area contributed by atoms with E-state index in [-0.39, 0.29) is 5.78 Å². The van der Waals surface area contributed by atoms with Crippen molar-refractivity contribution in [2.75, 3.05) is 25.7 Å². The van der Waals surface area contributed by atoms with Gasteiger partial charge in [-0.05, 0) is 48.5 Å². The lowest BCUT2D eigenvalue weighted by Crippen LogP contribution is -2.07. The molecule has 0 amide bonds. The van der Waals surface area contributed by atoms with Gasteiger partial charge in [0.25, 0.3) is 0 Å². The van der Waals surface area contributed by atoms with Crippen LogP contribution in [0.2, 0.25) is 0 Å². The molecule has 0 saturated carbocycles. The minimum absolute atomic E-state index is 0.0815. The SMILES string of the molecule is COc1ccc(-c2nnc(SCC(=O)CSc3nnc(-c4ccc(OC)cc4)n3C)n2C)cc1. The quantitative estimate of drug-likeness (QED) is 0.304. The van der Waals surface area contributed by atoms with E-state index in [4.69, 9.17) is 9.47 Å². The third-order valence-corrected chi connectivity index (χ3v) is 7.25. The second-order valence-corrected chi connectivity index (χ2v) is 9.19. The van der Waals surface area contributed by atoms with Gasteiger partial charge in [-0.3, -0.25) is 4.79 Å². The van der Waals surface area contributed by atoms with Gasteiger partial charge in [0.15, 0.2) is 27.7 Å². The molecule has 0 saturated heterocycles. The molecule has 2 heterocycles. The van der Waals surface area contributed by atoms with Crippen LogP contribution in [0.4, 0.5) is 0 Å². The summed E-state index contributed by atoms with van der Waals surface area (Å²) < 4.78 is 14.2. The zero-order valence-corrected chi connectivity index (χ0v) is 20.9. The number of thioether (sulfide) groups is 2. The number of Topliss-reactive ketones (excluding diaryl/α,β-unsaturated/α-hetero) is 1. The molecular weight excluding hydrogens is 472 g/mol. The van der Waals surface area contributed by atoms with Crippen molar-refractivity contribution in [1.29, 1.82) is 0 Å². The van der Waals surface area contributed by atoms with Gasteiger partial charge in [0.2, 0.25) is 0 Å². The van der Waals surface area contributed by atoms with E-state index in [9.17, 15) is 4.79 Å². The maximum atomic E-state index is 12.5. The lowest BCUT2D eigenvalue weighted by atomic mass is 10.2. The Bertz CT molecular complexity index is 1170. The van der Waals surface area contributed by atoms with E-state index in [0.717, 1.165) is 34.3 Å². The fourth-order valence-corrected chi connectivity index (χ4v) is 4.87. The summed E-state index contributed by atoms with van der Waals surface area (Å²) in [7, 11) is 7.04. The van der Waals surface area contributed by atoms with Crippen LogP contribution in [0, 0.1) is 0 Å². The molecule has 0 fully saturated rings. The summed E-state index contributed by atoms with van der Waals surface area (Å²) in [6, 6.07) is 15.2. The van der Waals surface area contributed by atoms with Crippen molar-refractivity contribution in [3.8, 4) is 34.3 Å². The molecule has 0 atom stereocenters. The Morgan fingerprint density at radius 3 is 1.44 bits per heavy atom. The Morgan fingerprint density at radius 2 is 1.09 bits per heavy atom. The van der Waals surface area contributed by atoms with Gasteiger partial charge in [-0.2, -0.15) is 0 Å². The molecule has 4 rings (SSSR count). The van der Waals surface area contributed by atoms with Gasteiger partial charge in [0, 0.05) is 25.2 Å². The molecule has 11 heteroatoms.